The monoisotopic (exact) mass is 379 g/mol. The zero-order chi connectivity index (χ0) is 20.1. The van der Waals surface area contributed by atoms with Crippen LogP contribution in [0.1, 0.15) is 21.6 Å². The molecule has 28 heavy (non-hydrogen) atoms. The van der Waals surface area contributed by atoms with Gasteiger partial charge in [-0.1, -0.05) is 24.3 Å². The van der Waals surface area contributed by atoms with Crippen molar-refractivity contribution in [1.29, 1.82) is 0 Å². The lowest BCUT2D eigenvalue weighted by Gasteiger charge is -2.10. The fraction of sp³-hybridized carbons (Fsp3) is 0.238. The van der Waals surface area contributed by atoms with Gasteiger partial charge in [-0.2, -0.15) is 0 Å². The summed E-state index contributed by atoms with van der Waals surface area (Å²) in [7, 11) is 5.62. The number of fused-ring (bicyclic) bond motifs is 1. The predicted molar refractivity (Wildman–Crippen MR) is 111 cm³/mol. The zero-order valence-corrected chi connectivity index (χ0v) is 16.3. The van der Waals surface area contributed by atoms with E-state index in [-0.39, 0.29) is 11.9 Å². The SMILES string of the molecule is CN=C(N)NC(=O)c1cc2ccc(OCc3ccc(CN(C)C)cc3)cc2[nH]1. The van der Waals surface area contributed by atoms with Crippen LogP contribution < -0.4 is 15.8 Å². The molecule has 0 aliphatic carbocycles. The first kappa shape index (κ1) is 19.4. The van der Waals surface area contributed by atoms with Crippen molar-refractivity contribution in [2.75, 3.05) is 21.1 Å². The normalized spacial score (nSPS) is 11.8. The molecular weight excluding hydrogens is 354 g/mol. The van der Waals surface area contributed by atoms with Crippen molar-refractivity contribution in [3.63, 3.8) is 0 Å². The Morgan fingerprint density at radius 3 is 2.54 bits per heavy atom. The summed E-state index contributed by atoms with van der Waals surface area (Å²) in [5, 5.41) is 3.42. The largest absolute Gasteiger partial charge is 0.489 e. The molecule has 3 rings (SSSR count). The summed E-state index contributed by atoms with van der Waals surface area (Å²) >= 11 is 0. The minimum absolute atomic E-state index is 0.0734. The van der Waals surface area contributed by atoms with Crippen LogP contribution >= 0.6 is 0 Å². The van der Waals surface area contributed by atoms with Gasteiger partial charge >= 0.3 is 0 Å². The Labute approximate surface area is 164 Å². The highest BCUT2D eigenvalue weighted by Gasteiger charge is 2.11. The third kappa shape index (κ3) is 4.89. The van der Waals surface area contributed by atoms with Crippen LogP contribution in [0, 0.1) is 0 Å². The maximum Gasteiger partial charge on any atom is 0.274 e. The quantitative estimate of drug-likeness (QED) is 0.453. The van der Waals surface area contributed by atoms with Gasteiger partial charge in [0.15, 0.2) is 5.96 Å². The standard InChI is InChI=1S/C21H25N5O2/c1-23-21(22)25-20(27)19-10-16-8-9-17(11-18(16)24-19)28-13-15-6-4-14(5-7-15)12-26(2)3/h4-11,24H,12-13H2,1-3H3,(H3,22,23,25,27). The topological polar surface area (TPSA) is 95.7 Å². The van der Waals surface area contributed by atoms with Gasteiger partial charge in [0.2, 0.25) is 0 Å². The molecule has 0 saturated heterocycles. The highest BCUT2D eigenvalue weighted by molar-refractivity contribution is 6.06. The number of hydrogen-bond acceptors (Lipinski definition) is 4. The Bertz CT molecular complexity index is 990. The summed E-state index contributed by atoms with van der Waals surface area (Å²) in [6, 6.07) is 15.8. The number of aromatic nitrogens is 1. The van der Waals surface area contributed by atoms with Crippen LogP contribution in [0.3, 0.4) is 0 Å². The Balaban J connectivity index is 1.66. The van der Waals surface area contributed by atoms with Crippen LogP contribution in [-0.2, 0) is 13.2 Å². The summed E-state index contributed by atoms with van der Waals surface area (Å²) in [4.78, 5) is 21.1. The number of carbonyl (C=O) groups excluding carboxylic acids is 1. The van der Waals surface area contributed by atoms with Gasteiger partial charge in [-0.3, -0.25) is 15.1 Å². The van der Waals surface area contributed by atoms with Gasteiger partial charge in [0.1, 0.15) is 18.1 Å². The molecule has 0 aliphatic heterocycles. The number of carbonyl (C=O) groups is 1. The van der Waals surface area contributed by atoms with E-state index in [1.807, 2.05) is 18.2 Å². The highest BCUT2D eigenvalue weighted by Crippen LogP contribution is 2.22. The van der Waals surface area contributed by atoms with Crippen molar-refractivity contribution in [2.24, 2.45) is 10.7 Å². The van der Waals surface area contributed by atoms with Gasteiger partial charge in [-0.25, -0.2) is 0 Å². The fourth-order valence-corrected chi connectivity index (χ4v) is 2.83. The molecule has 1 aromatic heterocycles. The molecule has 0 aliphatic rings. The maximum atomic E-state index is 12.1. The lowest BCUT2D eigenvalue weighted by atomic mass is 10.1. The molecule has 0 bridgehead atoms. The summed E-state index contributed by atoms with van der Waals surface area (Å²) < 4.78 is 5.90. The lowest BCUT2D eigenvalue weighted by molar-refractivity contribution is 0.0972. The molecule has 0 spiro atoms. The second-order valence-electron chi connectivity index (χ2n) is 6.84. The number of H-pyrrole nitrogens is 1. The molecule has 1 heterocycles. The number of guanidine groups is 1. The van der Waals surface area contributed by atoms with E-state index in [9.17, 15) is 4.79 Å². The molecule has 146 valence electrons. The lowest BCUT2D eigenvalue weighted by Crippen LogP contribution is -2.36. The van der Waals surface area contributed by atoms with Gasteiger partial charge in [-0.05, 0) is 43.4 Å². The minimum Gasteiger partial charge on any atom is -0.489 e. The number of nitrogens with zero attached hydrogens (tertiary/aromatic N) is 2. The van der Waals surface area contributed by atoms with E-state index >= 15 is 0 Å². The zero-order valence-electron chi connectivity index (χ0n) is 16.3. The van der Waals surface area contributed by atoms with Gasteiger partial charge in [-0.15, -0.1) is 0 Å². The van der Waals surface area contributed by atoms with Gasteiger partial charge in [0, 0.05) is 30.6 Å². The van der Waals surface area contributed by atoms with E-state index in [0.717, 1.165) is 28.8 Å². The Kier molecular flexibility index (Phi) is 5.96. The summed E-state index contributed by atoms with van der Waals surface area (Å²) in [6.45, 7) is 1.39. The van der Waals surface area contributed by atoms with E-state index in [0.29, 0.717) is 12.3 Å². The van der Waals surface area contributed by atoms with Crippen LogP contribution in [0.15, 0.2) is 53.5 Å². The Hall–Kier alpha value is -3.32. The number of aromatic amines is 1. The molecule has 3 aromatic rings. The van der Waals surface area contributed by atoms with Crippen molar-refractivity contribution < 1.29 is 9.53 Å². The summed E-state index contributed by atoms with van der Waals surface area (Å²) in [5.41, 5.74) is 9.13. The number of hydrogen-bond donors (Lipinski definition) is 3. The van der Waals surface area contributed by atoms with E-state index in [4.69, 9.17) is 10.5 Å². The molecule has 7 heteroatoms. The van der Waals surface area contributed by atoms with Crippen LogP contribution in [0.4, 0.5) is 0 Å². The molecule has 0 saturated carbocycles. The van der Waals surface area contributed by atoms with Gasteiger partial charge < -0.3 is 20.4 Å². The Morgan fingerprint density at radius 2 is 1.86 bits per heavy atom. The molecule has 0 radical (unpaired) electrons. The molecule has 0 fully saturated rings. The van der Waals surface area contributed by atoms with Crippen molar-refractivity contribution in [2.45, 2.75) is 13.2 Å². The summed E-state index contributed by atoms with van der Waals surface area (Å²) in [6.07, 6.45) is 0. The number of nitrogens with two attached hydrogens (primary N) is 1. The molecule has 2 aromatic carbocycles. The van der Waals surface area contributed by atoms with Crippen LogP contribution in [0.5, 0.6) is 5.75 Å². The molecule has 1 amide bonds. The van der Waals surface area contributed by atoms with Crippen LogP contribution in [0.2, 0.25) is 0 Å². The molecule has 4 N–H and O–H groups in total. The molecule has 0 unspecified atom stereocenters. The molecule has 7 nitrogen and oxygen atoms in total. The number of amides is 1. The fourth-order valence-electron chi connectivity index (χ4n) is 2.83. The minimum atomic E-state index is -0.334. The Morgan fingerprint density at radius 1 is 1.14 bits per heavy atom. The van der Waals surface area contributed by atoms with Crippen molar-refractivity contribution in [1.82, 2.24) is 15.2 Å². The maximum absolute atomic E-state index is 12.1. The third-order valence-electron chi connectivity index (χ3n) is 4.25. The number of rotatable bonds is 6. The number of aliphatic imine (C=N–C) groups is 1. The van der Waals surface area contributed by atoms with Gasteiger partial charge in [0.25, 0.3) is 5.91 Å². The highest BCUT2D eigenvalue weighted by atomic mass is 16.5. The number of nitrogens with one attached hydrogen (secondary N) is 2. The van der Waals surface area contributed by atoms with E-state index in [1.165, 1.54) is 12.6 Å². The van der Waals surface area contributed by atoms with E-state index < -0.39 is 0 Å². The number of benzene rings is 2. The second-order valence-corrected chi connectivity index (χ2v) is 6.84. The first-order valence-electron chi connectivity index (χ1n) is 8.96. The molecule has 0 atom stereocenters. The van der Waals surface area contributed by atoms with Crippen molar-refractivity contribution >= 4 is 22.8 Å². The van der Waals surface area contributed by atoms with E-state index in [2.05, 4.69) is 58.6 Å². The van der Waals surface area contributed by atoms with E-state index in [1.54, 1.807) is 6.07 Å². The smallest absolute Gasteiger partial charge is 0.274 e. The third-order valence-corrected chi connectivity index (χ3v) is 4.25. The van der Waals surface area contributed by atoms with Gasteiger partial charge in [0.05, 0.1) is 0 Å². The van der Waals surface area contributed by atoms with Crippen LogP contribution in [0.25, 0.3) is 10.9 Å². The summed E-state index contributed by atoms with van der Waals surface area (Å²) in [5.74, 6) is 0.470. The predicted octanol–water partition coefficient (Wildman–Crippen LogP) is 2.48. The average molecular weight is 379 g/mol. The number of ether oxygens (including phenoxy) is 1. The molecular formula is C21H25N5O2. The van der Waals surface area contributed by atoms with Crippen LogP contribution in [-0.4, -0.2) is 42.9 Å². The van der Waals surface area contributed by atoms with Crippen molar-refractivity contribution in [3.05, 3.63) is 65.4 Å². The van der Waals surface area contributed by atoms with Crippen molar-refractivity contribution in [3.8, 4) is 5.75 Å². The first-order chi connectivity index (χ1) is 13.4. The first-order valence-corrected chi connectivity index (χ1v) is 8.96. The average Bonchev–Trinajstić information content (AvgIpc) is 3.10. The second kappa shape index (κ2) is 8.58.